The summed E-state index contributed by atoms with van der Waals surface area (Å²) >= 11 is 2.07. The van der Waals surface area contributed by atoms with E-state index in [4.69, 9.17) is 4.74 Å². The highest BCUT2D eigenvalue weighted by molar-refractivity contribution is 7.99. The van der Waals surface area contributed by atoms with Crippen LogP contribution in [0.15, 0.2) is 18.7 Å². The number of likely N-dealkylation sites (tertiary alicyclic amines) is 3. The number of aromatic nitrogens is 2. The first-order valence-corrected chi connectivity index (χ1v) is 29.4. The van der Waals surface area contributed by atoms with Crippen molar-refractivity contribution in [2.24, 2.45) is 0 Å². The van der Waals surface area contributed by atoms with Crippen molar-refractivity contribution in [1.82, 2.24) is 48.8 Å². The van der Waals surface area contributed by atoms with Gasteiger partial charge in [0.2, 0.25) is 0 Å². The van der Waals surface area contributed by atoms with E-state index in [9.17, 15) is 0 Å². The van der Waals surface area contributed by atoms with Crippen LogP contribution in [-0.2, 0) is 4.74 Å². The van der Waals surface area contributed by atoms with Gasteiger partial charge < -0.3 is 19.1 Å². The van der Waals surface area contributed by atoms with Crippen LogP contribution in [0.25, 0.3) is 0 Å². The van der Waals surface area contributed by atoms with Crippen LogP contribution in [-0.4, -0.2) is 226 Å². The van der Waals surface area contributed by atoms with Gasteiger partial charge >= 0.3 is 0 Å². The summed E-state index contributed by atoms with van der Waals surface area (Å²) in [6, 6.07) is 3.49. The van der Waals surface area contributed by atoms with E-state index in [2.05, 4.69) is 199 Å². The highest BCUT2D eigenvalue weighted by Crippen LogP contribution is 2.21. The lowest BCUT2D eigenvalue weighted by molar-refractivity contribution is 0.0238. The Kier molecular flexibility index (Phi) is 34.0. The Hall–Kier alpha value is -0.800. The molecule has 11 nitrogen and oxygen atoms in total. The summed E-state index contributed by atoms with van der Waals surface area (Å²) in [4.78, 5) is 23.8. The number of piperidine rings is 1. The van der Waals surface area contributed by atoms with Gasteiger partial charge in [-0.2, -0.15) is 11.8 Å². The van der Waals surface area contributed by atoms with E-state index in [-0.39, 0.29) is 0 Å². The minimum absolute atomic E-state index is 0.403. The maximum atomic E-state index is 5.21. The predicted molar refractivity (Wildman–Crippen MR) is 307 cm³/mol. The van der Waals surface area contributed by atoms with Crippen molar-refractivity contribution in [2.45, 2.75) is 217 Å². The topological polar surface area (TPSA) is 52.7 Å². The summed E-state index contributed by atoms with van der Waals surface area (Å²) in [5.41, 5.74) is 1.28. The third-order valence-electron chi connectivity index (χ3n) is 14.3. The van der Waals surface area contributed by atoms with E-state index in [1.165, 1.54) is 142 Å². The third kappa shape index (κ3) is 32.2. The zero-order valence-electron chi connectivity index (χ0n) is 49.8. The average molecular weight is 994 g/mol. The van der Waals surface area contributed by atoms with Crippen LogP contribution in [0.1, 0.15) is 176 Å². The molecule has 0 spiro atoms. The number of morpholine rings is 1. The molecule has 0 aromatic carbocycles. The molecule has 0 radical (unpaired) electrons. The lowest BCUT2D eigenvalue weighted by Crippen LogP contribution is -2.49. The number of thioether (sulfide) groups is 1. The van der Waals surface area contributed by atoms with E-state index in [0.29, 0.717) is 28.7 Å². The normalized spacial score (nSPS) is 21.6. The van der Waals surface area contributed by atoms with Crippen molar-refractivity contribution in [1.29, 1.82) is 0 Å². The molecule has 0 atom stereocenters. The first-order chi connectivity index (χ1) is 32.2. The number of rotatable bonds is 5. The molecule has 1 aromatic rings. The zero-order valence-corrected chi connectivity index (χ0v) is 50.6. The smallest absolute Gasteiger partial charge is 0.0948 e. The number of imidazole rings is 1. The summed E-state index contributed by atoms with van der Waals surface area (Å²) in [6.45, 7) is 64.9. The van der Waals surface area contributed by atoms with Crippen LogP contribution in [0.5, 0.6) is 0 Å². The second kappa shape index (κ2) is 35.4. The molecule has 0 saturated carbocycles. The Bertz CT molecular complexity index is 1280. The maximum Gasteiger partial charge on any atom is 0.0948 e. The molecule has 1 aromatic heterocycles. The number of nitrogens with zero attached hydrogens (tertiary/aromatic N) is 10. The zero-order chi connectivity index (χ0) is 52.2. The van der Waals surface area contributed by atoms with Crippen molar-refractivity contribution >= 4 is 11.8 Å². The fourth-order valence-electron chi connectivity index (χ4n) is 8.63. The van der Waals surface area contributed by atoms with E-state index in [0.717, 1.165) is 44.4 Å². The second-order valence-corrected chi connectivity index (χ2v) is 26.0. The highest BCUT2D eigenvalue weighted by Gasteiger charge is 2.29. The van der Waals surface area contributed by atoms with Gasteiger partial charge in [0, 0.05) is 136 Å². The highest BCUT2D eigenvalue weighted by atomic mass is 32.2. The van der Waals surface area contributed by atoms with Gasteiger partial charge in [-0.3, -0.25) is 29.4 Å². The van der Waals surface area contributed by atoms with E-state index in [1.54, 1.807) is 6.20 Å². The molecule has 7 fully saturated rings. The number of piperazine rings is 1. The Morgan fingerprint density at radius 2 is 0.768 bits per heavy atom. The van der Waals surface area contributed by atoms with E-state index in [1.807, 2.05) is 12.5 Å². The molecular formula is C57H120N10OS. The first kappa shape index (κ1) is 66.2. The summed E-state index contributed by atoms with van der Waals surface area (Å²) in [6.07, 6.45) is 14.0. The van der Waals surface area contributed by atoms with Gasteiger partial charge in [0.25, 0.3) is 0 Å². The van der Waals surface area contributed by atoms with Gasteiger partial charge in [-0.15, -0.1) is 0 Å². The molecule has 0 N–H and O–H groups in total. The number of likely N-dealkylation sites (N-methyl/N-ethyl adjacent to an activating group) is 1. The quantitative estimate of drug-likeness (QED) is 0.265. The molecule has 8 rings (SSSR count). The summed E-state index contributed by atoms with van der Waals surface area (Å²) in [5, 5.41) is 0. The van der Waals surface area contributed by atoms with Gasteiger partial charge in [0.15, 0.2) is 0 Å². The van der Waals surface area contributed by atoms with Gasteiger partial charge in [0.05, 0.1) is 19.5 Å². The predicted octanol–water partition coefficient (Wildman–Crippen LogP) is 10.6. The van der Waals surface area contributed by atoms with Crippen LogP contribution in [0.3, 0.4) is 0 Å². The van der Waals surface area contributed by atoms with Gasteiger partial charge in [0.1, 0.15) is 0 Å². The molecule has 0 bridgehead atoms. The molecule has 7 saturated heterocycles. The standard InChI is InChI=1S/C9H19N.C8H18N2.C7H15NO.C7H15NS.2C7H15N.C6H10N2.C6H13N/c1-9(2,3)10-7-5-4-6-8-10;1-8(2)10-6-4-9(3)5-7-10;2*1-7(2)8-3-5-9-6-4-8;1-7(2,3)8-5-4-6-8;1-7(2)8-5-3-4-6-8;1-6(2)8-4-3-7-5-8;1-6(2,3)7-4-5-7/h4-8H2,1-3H3;8H,4-7H2,1-3H3;2*7H,3-6H2,1-2H3;4-6H2,1-3H3;7H,3-6H2,1-2H3;3-6H,1-2H3;4-5H2,1-3H3. The largest absolute Gasteiger partial charge is 0.379 e. The van der Waals surface area contributed by atoms with Crippen LogP contribution in [0.2, 0.25) is 0 Å². The van der Waals surface area contributed by atoms with Crippen LogP contribution in [0.4, 0.5) is 0 Å². The molecular weight excluding hydrogens is 873 g/mol. The van der Waals surface area contributed by atoms with Crippen LogP contribution >= 0.6 is 11.8 Å². The van der Waals surface area contributed by atoms with E-state index < -0.39 is 0 Å². The fourth-order valence-corrected chi connectivity index (χ4v) is 9.56. The van der Waals surface area contributed by atoms with Crippen molar-refractivity contribution in [2.75, 3.05) is 136 Å². The summed E-state index contributed by atoms with van der Waals surface area (Å²) < 4.78 is 7.26. The first-order valence-electron chi connectivity index (χ1n) is 28.3. The fraction of sp³-hybridized carbons (Fsp3) is 0.947. The molecule has 69 heavy (non-hydrogen) atoms. The molecule has 12 heteroatoms. The van der Waals surface area contributed by atoms with Crippen molar-refractivity contribution in [3.8, 4) is 0 Å². The third-order valence-corrected chi connectivity index (χ3v) is 15.3. The number of ether oxygens (including phenoxy) is 1. The molecule has 410 valence electrons. The lowest BCUT2D eigenvalue weighted by Gasteiger charge is -2.42. The Morgan fingerprint density at radius 1 is 0.406 bits per heavy atom. The Morgan fingerprint density at radius 3 is 1.01 bits per heavy atom. The molecule has 0 aliphatic carbocycles. The summed E-state index contributed by atoms with van der Waals surface area (Å²) in [5.74, 6) is 2.66. The van der Waals surface area contributed by atoms with Gasteiger partial charge in [-0.1, -0.05) is 6.42 Å². The van der Waals surface area contributed by atoms with Gasteiger partial charge in [-0.25, -0.2) is 4.98 Å². The Labute approximate surface area is 435 Å². The van der Waals surface area contributed by atoms with E-state index >= 15 is 0 Å². The molecule has 7 aliphatic heterocycles. The second-order valence-electron chi connectivity index (χ2n) is 24.7. The molecule has 7 aliphatic rings. The number of hydrogen-bond acceptors (Lipinski definition) is 11. The minimum Gasteiger partial charge on any atom is -0.379 e. The van der Waals surface area contributed by atoms with Crippen molar-refractivity contribution < 1.29 is 4.74 Å². The summed E-state index contributed by atoms with van der Waals surface area (Å²) in [7, 11) is 2.19. The lowest BCUT2D eigenvalue weighted by atomic mass is 10.0. The SMILES string of the molecule is CC(C)(C)N1CC1.CC(C)(C)N1CCC1.CC(C)(C)N1CCCCC1.CC(C)N1CCCC1.CC(C)N1CCN(C)CC1.CC(C)N1CCOCC1.CC(C)N1CCSCC1.CC(C)n1ccnc1. The monoisotopic (exact) mass is 993 g/mol. The maximum absolute atomic E-state index is 5.21. The Balaban J connectivity index is 0.000000395. The van der Waals surface area contributed by atoms with Crippen LogP contribution in [0, 0.1) is 0 Å². The van der Waals surface area contributed by atoms with Crippen LogP contribution < -0.4 is 0 Å². The molecule has 0 amide bonds. The van der Waals surface area contributed by atoms with Crippen molar-refractivity contribution in [3.05, 3.63) is 18.7 Å². The molecule has 8 heterocycles. The van der Waals surface area contributed by atoms with Crippen molar-refractivity contribution in [3.63, 3.8) is 0 Å². The number of hydrogen-bond donors (Lipinski definition) is 0. The minimum atomic E-state index is 0.403. The van der Waals surface area contributed by atoms with Gasteiger partial charge in [-0.05, 0) is 210 Å². The molecule has 0 unspecified atom stereocenters. The average Bonchev–Trinajstić information content (AvgIpc) is 3.72.